The van der Waals surface area contributed by atoms with E-state index in [1.807, 2.05) is 50.2 Å². The van der Waals surface area contributed by atoms with Gasteiger partial charge in [0.15, 0.2) is 11.6 Å². The van der Waals surface area contributed by atoms with Gasteiger partial charge < -0.3 is 0 Å². The Balaban J connectivity index is 0.000000240. The molecule has 0 aromatic heterocycles. The fourth-order valence-corrected chi connectivity index (χ4v) is 3.90. The van der Waals surface area contributed by atoms with E-state index in [4.69, 9.17) is 0 Å². The van der Waals surface area contributed by atoms with E-state index in [0.717, 1.165) is 29.0 Å². The Morgan fingerprint density at radius 1 is 0.708 bits per heavy atom. The zero-order valence-electron chi connectivity index (χ0n) is 13.2. The van der Waals surface area contributed by atoms with Crippen molar-refractivity contribution in [1.29, 1.82) is 0 Å². The van der Waals surface area contributed by atoms with Crippen molar-refractivity contribution in [3.8, 4) is 0 Å². The van der Waals surface area contributed by atoms with E-state index in [-0.39, 0.29) is 11.6 Å². The molecule has 0 heterocycles. The van der Waals surface area contributed by atoms with Gasteiger partial charge in [-0.25, -0.2) is 0 Å². The highest BCUT2D eigenvalue weighted by molar-refractivity contribution is 9.11. The second-order valence-electron chi connectivity index (χ2n) is 4.80. The Labute approximate surface area is 175 Å². The summed E-state index contributed by atoms with van der Waals surface area (Å²) in [5, 5.41) is 0. The molecule has 0 aliphatic heterocycles. The van der Waals surface area contributed by atoms with Crippen LogP contribution in [0.25, 0.3) is 0 Å². The van der Waals surface area contributed by atoms with E-state index in [2.05, 4.69) is 63.7 Å². The van der Waals surface area contributed by atoms with Crippen LogP contribution in [-0.2, 0) is 0 Å². The van der Waals surface area contributed by atoms with Gasteiger partial charge in [-0.05, 0) is 36.4 Å². The van der Waals surface area contributed by atoms with Crippen LogP contribution in [0.15, 0.2) is 54.3 Å². The summed E-state index contributed by atoms with van der Waals surface area (Å²) >= 11 is 13.3. The van der Waals surface area contributed by atoms with Gasteiger partial charge >= 0.3 is 0 Å². The highest BCUT2D eigenvalue weighted by Gasteiger charge is 2.08. The van der Waals surface area contributed by atoms with E-state index in [9.17, 15) is 9.59 Å². The van der Waals surface area contributed by atoms with Crippen LogP contribution in [-0.4, -0.2) is 11.6 Å². The minimum atomic E-state index is 0.156. The van der Waals surface area contributed by atoms with Crippen LogP contribution < -0.4 is 0 Å². The van der Waals surface area contributed by atoms with Crippen LogP contribution in [0.4, 0.5) is 0 Å². The van der Waals surface area contributed by atoms with Crippen molar-refractivity contribution < 1.29 is 9.59 Å². The highest BCUT2D eigenvalue weighted by Crippen LogP contribution is 2.23. The number of carbonyl (C=O) groups is 2. The third-order valence-electron chi connectivity index (χ3n) is 3.10. The summed E-state index contributed by atoms with van der Waals surface area (Å²) in [5.41, 5.74) is 1.49. The molecule has 128 valence electrons. The van der Waals surface area contributed by atoms with Crippen molar-refractivity contribution in [1.82, 2.24) is 0 Å². The van der Waals surface area contributed by atoms with Gasteiger partial charge in [0.1, 0.15) is 0 Å². The van der Waals surface area contributed by atoms with E-state index < -0.39 is 0 Å². The summed E-state index contributed by atoms with van der Waals surface area (Å²) in [6.45, 7) is 3.71. The van der Waals surface area contributed by atoms with Crippen molar-refractivity contribution >= 4 is 75.3 Å². The highest BCUT2D eigenvalue weighted by atomic mass is 79.9. The molecule has 0 unspecified atom stereocenters. The Morgan fingerprint density at radius 3 is 1.75 bits per heavy atom. The molecule has 0 bridgehead atoms. The van der Waals surface area contributed by atoms with E-state index in [1.54, 1.807) is 0 Å². The maximum Gasteiger partial charge on any atom is 0.163 e. The maximum absolute atomic E-state index is 11.3. The monoisotopic (exact) mass is 580 g/mol. The first-order chi connectivity index (χ1) is 11.3. The molecule has 0 aliphatic carbocycles. The molecule has 0 radical (unpaired) electrons. The van der Waals surface area contributed by atoms with Crippen LogP contribution >= 0.6 is 63.7 Å². The van der Waals surface area contributed by atoms with E-state index >= 15 is 0 Å². The minimum Gasteiger partial charge on any atom is -0.294 e. The Morgan fingerprint density at radius 2 is 1.21 bits per heavy atom. The van der Waals surface area contributed by atoms with Gasteiger partial charge in [-0.1, -0.05) is 77.6 Å². The number of hydrogen-bond acceptors (Lipinski definition) is 2. The normalized spacial score (nSPS) is 9.92. The molecule has 2 aromatic carbocycles. The first kappa shape index (κ1) is 21.7. The second kappa shape index (κ2) is 10.6. The van der Waals surface area contributed by atoms with Crippen molar-refractivity contribution in [2.45, 2.75) is 26.7 Å². The SMILES string of the molecule is CCC(=O)c1cc(Br)ccc1Br.CCC(=O)c1ccc(Br)cc1Br. The van der Waals surface area contributed by atoms with Gasteiger partial charge in [0.05, 0.1) is 0 Å². The Bertz CT molecular complexity index is 742. The molecule has 0 fully saturated rings. The fourth-order valence-electron chi connectivity index (χ4n) is 1.81. The van der Waals surface area contributed by atoms with Gasteiger partial charge in [-0.3, -0.25) is 9.59 Å². The Kier molecular flexibility index (Phi) is 9.64. The van der Waals surface area contributed by atoms with Gasteiger partial charge in [-0.15, -0.1) is 0 Å². The predicted molar refractivity (Wildman–Crippen MR) is 113 cm³/mol. The first-order valence-corrected chi connectivity index (χ1v) is 10.4. The number of ketones is 2. The smallest absolute Gasteiger partial charge is 0.163 e. The van der Waals surface area contributed by atoms with E-state index in [1.165, 1.54) is 0 Å². The number of carbonyl (C=O) groups excluding carboxylic acids is 2. The molecule has 2 rings (SSSR count). The zero-order chi connectivity index (χ0) is 18.3. The molecule has 0 atom stereocenters. The van der Waals surface area contributed by atoms with Crippen molar-refractivity contribution in [2.75, 3.05) is 0 Å². The number of rotatable bonds is 4. The summed E-state index contributed by atoms with van der Waals surface area (Å²) in [6.07, 6.45) is 1.08. The summed E-state index contributed by atoms with van der Waals surface area (Å²) in [5.74, 6) is 0.317. The second-order valence-corrected chi connectivity index (χ2v) is 8.34. The average Bonchev–Trinajstić information content (AvgIpc) is 2.56. The fraction of sp³-hybridized carbons (Fsp3) is 0.222. The molecule has 0 aliphatic rings. The summed E-state index contributed by atoms with van der Waals surface area (Å²) < 4.78 is 3.62. The van der Waals surface area contributed by atoms with E-state index in [0.29, 0.717) is 12.8 Å². The third-order valence-corrected chi connectivity index (χ3v) is 5.44. The lowest BCUT2D eigenvalue weighted by atomic mass is 10.1. The lowest BCUT2D eigenvalue weighted by Crippen LogP contribution is -1.97. The molecule has 0 saturated heterocycles. The van der Waals surface area contributed by atoms with Crippen LogP contribution in [0.5, 0.6) is 0 Å². The lowest BCUT2D eigenvalue weighted by Gasteiger charge is -2.01. The molecule has 0 N–H and O–H groups in total. The maximum atomic E-state index is 11.3. The number of benzene rings is 2. The first-order valence-electron chi connectivity index (χ1n) is 7.26. The average molecular weight is 584 g/mol. The lowest BCUT2D eigenvalue weighted by molar-refractivity contribution is 0.0979. The van der Waals surface area contributed by atoms with Crippen LogP contribution in [0, 0.1) is 0 Å². The van der Waals surface area contributed by atoms with Crippen LogP contribution in [0.1, 0.15) is 47.4 Å². The molecule has 2 nitrogen and oxygen atoms in total. The van der Waals surface area contributed by atoms with Gasteiger partial charge in [0, 0.05) is 41.9 Å². The Hall–Kier alpha value is -0.300. The zero-order valence-corrected chi connectivity index (χ0v) is 19.6. The van der Waals surface area contributed by atoms with Gasteiger partial charge in [0.25, 0.3) is 0 Å². The van der Waals surface area contributed by atoms with Crippen molar-refractivity contribution in [3.05, 3.63) is 65.4 Å². The quantitative estimate of drug-likeness (QED) is 0.347. The van der Waals surface area contributed by atoms with Crippen molar-refractivity contribution in [2.24, 2.45) is 0 Å². The molecule has 6 heteroatoms. The summed E-state index contributed by atoms with van der Waals surface area (Å²) in [7, 11) is 0. The number of halogens is 4. The molecule has 2 aromatic rings. The van der Waals surface area contributed by atoms with Crippen LogP contribution in [0.2, 0.25) is 0 Å². The molecule has 0 spiro atoms. The molecule has 0 saturated carbocycles. The number of hydrogen-bond donors (Lipinski definition) is 0. The minimum absolute atomic E-state index is 0.156. The molecular formula is C18H16Br4O2. The number of Topliss-reactive ketones (excluding diaryl/α,β-unsaturated/α-hetero) is 2. The molecule has 0 amide bonds. The summed E-state index contributed by atoms with van der Waals surface area (Å²) in [6, 6.07) is 11.2. The van der Waals surface area contributed by atoms with Gasteiger partial charge in [0.2, 0.25) is 0 Å². The largest absolute Gasteiger partial charge is 0.294 e. The standard InChI is InChI=1S/2C9H8Br2O/c1-2-9(12)7-5-6(10)3-4-8(7)11;1-2-9(12)7-4-3-6(10)5-8(7)11/h2*3-5H,2H2,1H3. The van der Waals surface area contributed by atoms with Gasteiger partial charge in [-0.2, -0.15) is 0 Å². The topological polar surface area (TPSA) is 34.1 Å². The third kappa shape index (κ3) is 6.54. The summed E-state index contributed by atoms with van der Waals surface area (Å²) in [4.78, 5) is 22.6. The van der Waals surface area contributed by atoms with Crippen molar-refractivity contribution in [3.63, 3.8) is 0 Å². The predicted octanol–water partition coefficient (Wildman–Crippen LogP) is 7.61. The molecule has 24 heavy (non-hydrogen) atoms. The van der Waals surface area contributed by atoms with Crippen LogP contribution in [0.3, 0.4) is 0 Å². The molecular weight excluding hydrogens is 568 g/mol.